The maximum atomic E-state index is 5.73. The molecule has 0 aliphatic heterocycles. The summed E-state index contributed by atoms with van der Waals surface area (Å²) in [6, 6.07) is 10.0. The van der Waals surface area contributed by atoms with Crippen molar-refractivity contribution >= 4 is 33.3 Å². The average molecular weight is 343 g/mol. The third kappa shape index (κ3) is 2.89. The first-order valence-corrected chi connectivity index (χ1v) is 8.87. The van der Waals surface area contributed by atoms with Gasteiger partial charge in [0.2, 0.25) is 5.89 Å². The van der Waals surface area contributed by atoms with Crippen LogP contribution in [0.5, 0.6) is 0 Å². The minimum atomic E-state index is 0.499. The van der Waals surface area contributed by atoms with E-state index in [4.69, 9.17) is 8.83 Å². The number of aryl methyl sites for hydroxylation is 2. The van der Waals surface area contributed by atoms with Gasteiger partial charge in [-0.25, -0.2) is 4.98 Å². The van der Waals surface area contributed by atoms with Crippen LogP contribution in [0.4, 0.5) is 0 Å². The van der Waals surface area contributed by atoms with Gasteiger partial charge in [-0.15, -0.1) is 21.5 Å². The van der Waals surface area contributed by atoms with Crippen LogP contribution in [0.3, 0.4) is 0 Å². The molecule has 0 fully saturated rings. The Labute approximate surface area is 140 Å². The van der Waals surface area contributed by atoms with E-state index < -0.39 is 0 Å². The molecule has 0 saturated heterocycles. The zero-order valence-electron chi connectivity index (χ0n) is 12.6. The summed E-state index contributed by atoms with van der Waals surface area (Å²) in [5, 5.41) is 8.22. The maximum Gasteiger partial charge on any atom is 0.251 e. The highest BCUT2D eigenvalue weighted by Crippen LogP contribution is 2.32. The number of aromatic nitrogens is 3. The molecule has 3 heterocycles. The number of rotatable bonds is 4. The highest BCUT2D eigenvalue weighted by molar-refractivity contribution is 8.00. The van der Waals surface area contributed by atoms with E-state index in [0.717, 1.165) is 26.9 Å². The standard InChI is InChI=1S/C16H13N3O2S2/c1-9-7-11(10(2)20-9)15-19-18-14(21-15)8-22-16-17-12-5-3-4-6-13(12)23-16/h3-7H,8H2,1-2H3. The van der Waals surface area contributed by atoms with Crippen molar-refractivity contribution in [3.8, 4) is 11.5 Å². The van der Waals surface area contributed by atoms with E-state index in [1.165, 1.54) is 4.70 Å². The van der Waals surface area contributed by atoms with Crippen LogP contribution in [-0.4, -0.2) is 15.2 Å². The van der Waals surface area contributed by atoms with Gasteiger partial charge < -0.3 is 8.83 Å². The molecule has 0 bridgehead atoms. The normalized spacial score (nSPS) is 11.4. The van der Waals surface area contributed by atoms with Crippen LogP contribution in [-0.2, 0) is 5.75 Å². The molecule has 0 radical (unpaired) electrons. The van der Waals surface area contributed by atoms with E-state index in [2.05, 4.69) is 21.2 Å². The second kappa shape index (κ2) is 5.82. The smallest absolute Gasteiger partial charge is 0.251 e. The third-order valence-electron chi connectivity index (χ3n) is 3.33. The summed E-state index contributed by atoms with van der Waals surface area (Å²) in [6.45, 7) is 3.79. The van der Waals surface area contributed by atoms with Gasteiger partial charge in [0, 0.05) is 0 Å². The van der Waals surface area contributed by atoms with Crippen molar-refractivity contribution in [2.24, 2.45) is 0 Å². The molecule has 0 amide bonds. The van der Waals surface area contributed by atoms with E-state index in [1.54, 1.807) is 23.1 Å². The molecule has 5 nitrogen and oxygen atoms in total. The summed E-state index contributed by atoms with van der Waals surface area (Å²) in [5.74, 6) is 3.31. The van der Waals surface area contributed by atoms with E-state index >= 15 is 0 Å². The second-order valence-corrected chi connectivity index (χ2v) is 7.32. The van der Waals surface area contributed by atoms with Crippen LogP contribution in [0.2, 0.25) is 0 Å². The summed E-state index contributed by atoms with van der Waals surface area (Å²) in [4.78, 5) is 4.59. The first-order chi connectivity index (χ1) is 11.2. The number of hydrogen-bond donors (Lipinski definition) is 0. The van der Waals surface area contributed by atoms with Gasteiger partial charge in [0.25, 0.3) is 5.89 Å². The minimum absolute atomic E-state index is 0.499. The van der Waals surface area contributed by atoms with Gasteiger partial charge >= 0.3 is 0 Å². The Morgan fingerprint density at radius 2 is 2.00 bits per heavy atom. The predicted molar refractivity (Wildman–Crippen MR) is 90.7 cm³/mol. The monoisotopic (exact) mass is 343 g/mol. The number of thiazole rings is 1. The Kier molecular flexibility index (Phi) is 3.66. The first-order valence-electron chi connectivity index (χ1n) is 7.07. The van der Waals surface area contributed by atoms with Crippen LogP contribution in [0.1, 0.15) is 17.4 Å². The van der Waals surface area contributed by atoms with Crippen molar-refractivity contribution in [1.82, 2.24) is 15.2 Å². The number of thioether (sulfide) groups is 1. The lowest BCUT2D eigenvalue weighted by molar-refractivity contribution is 0.499. The average Bonchev–Trinajstić information content (AvgIpc) is 3.22. The molecule has 3 aromatic heterocycles. The zero-order chi connectivity index (χ0) is 15.8. The Morgan fingerprint density at radius 1 is 1.13 bits per heavy atom. The molecule has 7 heteroatoms. The lowest BCUT2D eigenvalue weighted by Crippen LogP contribution is -1.79. The quantitative estimate of drug-likeness (QED) is 0.494. The van der Waals surface area contributed by atoms with E-state index in [9.17, 15) is 0 Å². The summed E-state index contributed by atoms with van der Waals surface area (Å²) in [6.07, 6.45) is 0. The molecule has 23 heavy (non-hydrogen) atoms. The van der Waals surface area contributed by atoms with Crippen molar-refractivity contribution in [3.05, 3.63) is 47.7 Å². The highest BCUT2D eigenvalue weighted by atomic mass is 32.2. The first kappa shape index (κ1) is 14.5. The van der Waals surface area contributed by atoms with E-state index in [-0.39, 0.29) is 0 Å². The molecule has 0 unspecified atom stereocenters. The fourth-order valence-corrected chi connectivity index (χ4v) is 4.21. The van der Waals surface area contributed by atoms with Gasteiger partial charge in [-0.1, -0.05) is 23.9 Å². The number of furan rings is 1. The fraction of sp³-hybridized carbons (Fsp3) is 0.188. The van der Waals surface area contributed by atoms with Gasteiger partial charge in [0.15, 0.2) is 4.34 Å². The number of para-hydroxylation sites is 1. The Bertz CT molecular complexity index is 938. The molecule has 1 aromatic carbocycles. The van der Waals surface area contributed by atoms with Gasteiger partial charge in [0.05, 0.1) is 21.5 Å². The lowest BCUT2D eigenvalue weighted by atomic mass is 10.2. The van der Waals surface area contributed by atoms with Crippen LogP contribution in [0.15, 0.2) is 43.5 Å². The minimum Gasteiger partial charge on any atom is -0.466 e. The Hall–Kier alpha value is -2.12. The Morgan fingerprint density at radius 3 is 2.78 bits per heavy atom. The number of hydrogen-bond acceptors (Lipinski definition) is 7. The molecule has 0 aliphatic rings. The van der Waals surface area contributed by atoms with Crippen LogP contribution < -0.4 is 0 Å². The van der Waals surface area contributed by atoms with Crippen molar-refractivity contribution in [3.63, 3.8) is 0 Å². The largest absolute Gasteiger partial charge is 0.466 e. The molecule has 0 spiro atoms. The second-order valence-electron chi connectivity index (χ2n) is 5.06. The maximum absolute atomic E-state index is 5.73. The highest BCUT2D eigenvalue weighted by Gasteiger charge is 2.15. The molecular weight excluding hydrogens is 330 g/mol. The van der Waals surface area contributed by atoms with Gasteiger partial charge in [0.1, 0.15) is 11.5 Å². The van der Waals surface area contributed by atoms with Crippen molar-refractivity contribution < 1.29 is 8.83 Å². The van der Waals surface area contributed by atoms with Gasteiger partial charge in [-0.3, -0.25) is 0 Å². The summed E-state index contributed by atoms with van der Waals surface area (Å²) in [7, 11) is 0. The molecule has 4 aromatic rings. The molecule has 0 saturated carbocycles. The van der Waals surface area contributed by atoms with Gasteiger partial charge in [-0.2, -0.15) is 0 Å². The predicted octanol–water partition coefficient (Wildman–Crippen LogP) is 4.85. The third-order valence-corrected chi connectivity index (χ3v) is 5.50. The van der Waals surface area contributed by atoms with Crippen LogP contribution in [0.25, 0.3) is 21.7 Å². The topological polar surface area (TPSA) is 65.0 Å². The summed E-state index contributed by atoms with van der Waals surface area (Å²) >= 11 is 3.28. The van der Waals surface area contributed by atoms with E-state index in [0.29, 0.717) is 17.5 Å². The van der Waals surface area contributed by atoms with E-state index in [1.807, 2.05) is 38.1 Å². The number of fused-ring (bicyclic) bond motifs is 1. The van der Waals surface area contributed by atoms with Crippen molar-refractivity contribution in [1.29, 1.82) is 0 Å². The zero-order valence-corrected chi connectivity index (χ0v) is 14.2. The van der Waals surface area contributed by atoms with Gasteiger partial charge in [-0.05, 0) is 32.0 Å². The summed E-state index contributed by atoms with van der Waals surface area (Å²) in [5.41, 5.74) is 1.88. The number of nitrogens with zero attached hydrogens (tertiary/aromatic N) is 3. The van der Waals surface area contributed by atoms with Crippen LogP contribution in [0, 0.1) is 13.8 Å². The molecule has 0 N–H and O–H groups in total. The molecular formula is C16H13N3O2S2. The molecule has 0 atom stereocenters. The van der Waals surface area contributed by atoms with Crippen LogP contribution >= 0.6 is 23.1 Å². The molecule has 116 valence electrons. The summed E-state index contributed by atoms with van der Waals surface area (Å²) < 4.78 is 13.4. The van der Waals surface area contributed by atoms with Crippen molar-refractivity contribution in [2.45, 2.75) is 23.9 Å². The van der Waals surface area contributed by atoms with Crippen molar-refractivity contribution in [2.75, 3.05) is 0 Å². The SMILES string of the molecule is Cc1cc(-c2nnc(CSc3nc4ccccc4s3)o2)c(C)o1. The Balaban J connectivity index is 1.50. The molecule has 4 rings (SSSR count). The number of benzene rings is 1. The molecule has 0 aliphatic carbocycles. The fourth-order valence-electron chi connectivity index (χ4n) is 2.30. The lowest BCUT2D eigenvalue weighted by Gasteiger charge is -1.92.